The number of hydrogen-bond donors (Lipinski definition) is 2. The van der Waals surface area contributed by atoms with E-state index in [0.717, 1.165) is 11.3 Å². The van der Waals surface area contributed by atoms with Gasteiger partial charge in [-0.15, -0.1) is 0 Å². The van der Waals surface area contributed by atoms with Gasteiger partial charge in [-0.2, -0.15) is 0 Å². The minimum Gasteiger partial charge on any atom is -0.478 e. The third-order valence-electron chi connectivity index (χ3n) is 4.19. The fourth-order valence-corrected chi connectivity index (χ4v) is 3.76. The highest BCUT2D eigenvalue weighted by molar-refractivity contribution is 8.15. The van der Waals surface area contributed by atoms with Crippen molar-refractivity contribution < 1.29 is 19.5 Å². The third-order valence-corrected chi connectivity index (χ3v) is 5.41. The van der Waals surface area contributed by atoms with Gasteiger partial charge in [0.1, 0.15) is 5.25 Å². The lowest BCUT2D eigenvalue weighted by Gasteiger charge is -2.09. The number of amidine groups is 1. The van der Waals surface area contributed by atoms with E-state index in [0.29, 0.717) is 10.9 Å². The normalized spacial score (nSPS) is 17.8. The first-order chi connectivity index (χ1) is 13.3. The molecule has 0 spiro atoms. The summed E-state index contributed by atoms with van der Waals surface area (Å²) in [5.41, 5.74) is 2.49. The molecule has 0 unspecified atom stereocenters. The van der Waals surface area contributed by atoms with E-state index in [1.54, 1.807) is 7.05 Å². The molecule has 7 nitrogen and oxygen atoms in total. The molecule has 1 heterocycles. The maximum Gasteiger partial charge on any atom is 0.335 e. The molecule has 144 valence electrons. The Labute approximate surface area is 166 Å². The summed E-state index contributed by atoms with van der Waals surface area (Å²) in [7, 11) is 1.64. The molecule has 0 radical (unpaired) electrons. The van der Waals surface area contributed by atoms with Gasteiger partial charge in [0.25, 0.3) is 0 Å². The smallest absolute Gasteiger partial charge is 0.335 e. The van der Waals surface area contributed by atoms with Gasteiger partial charge >= 0.3 is 5.97 Å². The van der Waals surface area contributed by atoms with Gasteiger partial charge in [0, 0.05) is 19.2 Å². The van der Waals surface area contributed by atoms with Crippen molar-refractivity contribution in [1.29, 1.82) is 0 Å². The van der Waals surface area contributed by atoms with Gasteiger partial charge in [-0.05, 0) is 43.3 Å². The van der Waals surface area contributed by atoms with Crippen molar-refractivity contribution in [3.05, 3.63) is 59.7 Å². The highest BCUT2D eigenvalue weighted by Crippen LogP contribution is 2.30. The molecule has 28 heavy (non-hydrogen) atoms. The highest BCUT2D eigenvalue weighted by atomic mass is 32.2. The molecule has 0 aromatic heterocycles. The summed E-state index contributed by atoms with van der Waals surface area (Å²) < 4.78 is 0. The van der Waals surface area contributed by atoms with E-state index < -0.39 is 11.2 Å². The Morgan fingerprint density at radius 1 is 1.14 bits per heavy atom. The number of carboxylic acids is 1. The monoisotopic (exact) mass is 397 g/mol. The number of carbonyl (C=O) groups excluding carboxylic acids is 2. The average molecular weight is 397 g/mol. The van der Waals surface area contributed by atoms with Crippen LogP contribution < -0.4 is 5.32 Å². The molecule has 0 aliphatic carbocycles. The Hall–Kier alpha value is -3.13. The van der Waals surface area contributed by atoms with Crippen LogP contribution in [-0.2, 0) is 9.59 Å². The number of aliphatic imine (C=N–C) groups is 1. The second-order valence-electron chi connectivity index (χ2n) is 6.37. The van der Waals surface area contributed by atoms with Crippen LogP contribution in [0.15, 0.2) is 53.5 Å². The Balaban J connectivity index is 1.63. The van der Waals surface area contributed by atoms with E-state index in [4.69, 9.17) is 5.11 Å². The minimum atomic E-state index is -1.03. The van der Waals surface area contributed by atoms with Crippen LogP contribution in [0.4, 0.5) is 11.4 Å². The van der Waals surface area contributed by atoms with E-state index in [1.807, 2.05) is 31.2 Å². The summed E-state index contributed by atoms with van der Waals surface area (Å²) in [5.74, 6) is -1.53. The summed E-state index contributed by atoms with van der Waals surface area (Å²) in [4.78, 5) is 41.6. The van der Waals surface area contributed by atoms with Gasteiger partial charge in [0.2, 0.25) is 11.8 Å². The van der Waals surface area contributed by atoms with Crippen LogP contribution in [0.1, 0.15) is 22.3 Å². The first-order valence-electron chi connectivity index (χ1n) is 8.56. The molecule has 2 aromatic rings. The Morgan fingerprint density at radius 2 is 1.79 bits per heavy atom. The van der Waals surface area contributed by atoms with Gasteiger partial charge in [-0.25, -0.2) is 9.79 Å². The van der Waals surface area contributed by atoms with Gasteiger partial charge in [0.15, 0.2) is 5.17 Å². The van der Waals surface area contributed by atoms with Crippen LogP contribution in [0.2, 0.25) is 0 Å². The van der Waals surface area contributed by atoms with Crippen LogP contribution in [0.3, 0.4) is 0 Å². The number of amides is 2. The lowest BCUT2D eigenvalue weighted by atomic mass is 10.2. The van der Waals surface area contributed by atoms with Crippen molar-refractivity contribution in [2.45, 2.75) is 18.6 Å². The fraction of sp³-hybridized carbons (Fsp3) is 0.200. The van der Waals surface area contributed by atoms with Crippen LogP contribution in [-0.4, -0.2) is 45.3 Å². The second-order valence-corrected chi connectivity index (χ2v) is 7.54. The Morgan fingerprint density at radius 3 is 2.39 bits per heavy atom. The van der Waals surface area contributed by atoms with Gasteiger partial charge in [-0.1, -0.05) is 29.5 Å². The van der Waals surface area contributed by atoms with Crippen LogP contribution in [0.25, 0.3) is 0 Å². The molecular formula is C20H19N3O4S. The topological polar surface area (TPSA) is 99.1 Å². The number of carbonyl (C=O) groups is 3. The maximum absolute atomic E-state index is 12.4. The van der Waals surface area contributed by atoms with E-state index in [-0.39, 0.29) is 23.8 Å². The number of nitrogens with zero attached hydrogens (tertiary/aromatic N) is 2. The number of carboxylic acid groups (broad SMARTS) is 1. The molecule has 2 N–H and O–H groups in total. The number of anilines is 1. The maximum atomic E-state index is 12.4. The number of hydrogen-bond acceptors (Lipinski definition) is 5. The molecule has 0 bridgehead atoms. The van der Waals surface area contributed by atoms with Gasteiger partial charge < -0.3 is 10.4 Å². The molecule has 2 aromatic carbocycles. The number of nitrogens with one attached hydrogen (secondary N) is 1. The molecule has 1 fully saturated rings. The second kappa shape index (κ2) is 8.26. The number of rotatable bonds is 5. The van der Waals surface area contributed by atoms with Gasteiger partial charge in [-0.3, -0.25) is 14.5 Å². The van der Waals surface area contributed by atoms with Gasteiger partial charge in [0.05, 0.1) is 11.3 Å². The zero-order chi connectivity index (χ0) is 20.3. The fourth-order valence-electron chi connectivity index (χ4n) is 2.60. The predicted molar refractivity (Wildman–Crippen MR) is 109 cm³/mol. The Bertz CT molecular complexity index is 939. The zero-order valence-electron chi connectivity index (χ0n) is 15.4. The lowest BCUT2D eigenvalue weighted by Crippen LogP contribution is -2.30. The quantitative estimate of drug-likeness (QED) is 0.807. The summed E-state index contributed by atoms with van der Waals surface area (Å²) >= 11 is 1.26. The minimum absolute atomic E-state index is 0.00143. The van der Waals surface area contributed by atoms with Crippen molar-refractivity contribution in [3.63, 3.8) is 0 Å². The molecule has 1 aliphatic heterocycles. The third kappa shape index (κ3) is 4.58. The molecule has 1 aliphatic rings. The van der Waals surface area contributed by atoms with Crippen LogP contribution in [0.5, 0.6) is 0 Å². The molecule has 1 atom stereocenters. The number of aryl methyl sites for hydroxylation is 1. The average Bonchev–Trinajstić information content (AvgIpc) is 2.92. The first kappa shape index (κ1) is 19.6. The van der Waals surface area contributed by atoms with Crippen molar-refractivity contribution in [3.8, 4) is 0 Å². The molecular weight excluding hydrogens is 378 g/mol. The van der Waals surface area contributed by atoms with E-state index in [1.165, 1.54) is 40.9 Å². The highest BCUT2D eigenvalue weighted by Gasteiger charge is 2.37. The summed E-state index contributed by atoms with van der Waals surface area (Å²) in [5, 5.41) is 11.6. The molecule has 3 rings (SSSR count). The number of thioether (sulfide) groups is 1. The van der Waals surface area contributed by atoms with Crippen molar-refractivity contribution in [2.75, 3.05) is 12.4 Å². The van der Waals surface area contributed by atoms with E-state index in [2.05, 4.69) is 10.3 Å². The predicted octanol–water partition coefficient (Wildman–Crippen LogP) is 3.28. The molecule has 8 heteroatoms. The largest absolute Gasteiger partial charge is 0.478 e. The van der Waals surface area contributed by atoms with Crippen LogP contribution in [0, 0.1) is 6.92 Å². The number of aromatic carboxylic acids is 1. The standard InChI is InChI=1S/C20H19N3O4S/c1-12-3-7-15(8-4-12)22-20-23(2)18(25)16(28-20)11-17(24)21-14-9-5-13(6-10-14)19(26)27/h3-10,16H,11H2,1-2H3,(H,21,24)(H,26,27)/t16-/m0/s1. The molecule has 2 amide bonds. The lowest BCUT2D eigenvalue weighted by molar-refractivity contribution is -0.127. The molecule has 0 saturated carbocycles. The summed E-state index contributed by atoms with van der Waals surface area (Å²) in [6, 6.07) is 13.5. The van der Waals surface area contributed by atoms with Crippen molar-refractivity contribution >= 4 is 46.1 Å². The summed E-state index contributed by atoms with van der Waals surface area (Å²) in [6.45, 7) is 1.99. The van der Waals surface area contributed by atoms with Crippen molar-refractivity contribution in [1.82, 2.24) is 4.90 Å². The zero-order valence-corrected chi connectivity index (χ0v) is 16.2. The first-order valence-corrected chi connectivity index (χ1v) is 9.44. The Kier molecular flexibility index (Phi) is 5.79. The van der Waals surface area contributed by atoms with Crippen LogP contribution >= 0.6 is 11.8 Å². The molecule has 1 saturated heterocycles. The van der Waals surface area contributed by atoms with E-state index >= 15 is 0 Å². The number of benzene rings is 2. The SMILES string of the molecule is Cc1ccc(N=C2S[C@@H](CC(=O)Nc3ccc(C(=O)O)cc3)C(=O)N2C)cc1. The van der Waals surface area contributed by atoms with Crippen molar-refractivity contribution in [2.24, 2.45) is 4.99 Å². The van der Waals surface area contributed by atoms with E-state index in [9.17, 15) is 14.4 Å². The summed E-state index contributed by atoms with van der Waals surface area (Å²) in [6.07, 6.45) is 0.00143.